The molecule has 0 radical (unpaired) electrons. The van der Waals surface area contributed by atoms with Crippen molar-refractivity contribution in [2.24, 2.45) is 0 Å². The number of methoxy groups -OCH3 is 1. The summed E-state index contributed by atoms with van der Waals surface area (Å²) in [6.45, 7) is 1.03. The van der Waals surface area contributed by atoms with Crippen molar-refractivity contribution in [3.8, 4) is 11.4 Å². The Kier molecular flexibility index (Phi) is 5.54. The minimum absolute atomic E-state index is 0.00170. The Bertz CT molecular complexity index is 1210. The predicted molar refractivity (Wildman–Crippen MR) is 119 cm³/mol. The number of anilines is 1. The molecule has 3 heterocycles. The molecular formula is C25H23F6N3O. The average molecular weight is 495 g/mol. The van der Waals surface area contributed by atoms with E-state index in [0.717, 1.165) is 29.2 Å². The molecule has 1 saturated heterocycles. The van der Waals surface area contributed by atoms with Crippen molar-refractivity contribution in [1.29, 1.82) is 0 Å². The number of rotatable bonds is 3. The van der Waals surface area contributed by atoms with E-state index in [2.05, 4.69) is 9.88 Å². The van der Waals surface area contributed by atoms with Crippen molar-refractivity contribution < 1.29 is 31.1 Å². The summed E-state index contributed by atoms with van der Waals surface area (Å²) < 4.78 is 86.9. The third-order valence-corrected chi connectivity index (χ3v) is 6.84. The molecule has 1 aromatic heterocycles. The van der Waals surface area contributed by atoms with Crippen molar-refractivity contribution >= 4 is 5.69 Å². The highest BCUT2D eigenvalue weighted by atomic mass is 19.4. The molecule has 2 aliphatic rings. The second-order valence-electron chi connectivity index (χ2n) is 9.04. The molecule has 0 unspecified atom stereocenters. The summed E-state index contributed by atoms with van der Waals surface area (Å²) in [6, 6.07) is 11.6. The van der Waals surface area contributed by atoms with Gasteiger partial charge in [0.05, 0.1) is 35.2 Å². The van der Waals surface area contributed by atoms with Crippen molar-refractivity contribution in [2.45, 2.75) is 37.3 Å². The molecule has 4 nitrogen and oxygen atoms in total. The van der Waals surface area contributed by atoms with Crippen LogP contribution in [0.5, 0.6) is 5.75 Å². The van der Waals surface area contributed by atoms with Gasteiger partial charge in [-0.15, -0.1) is 0 Å². The number of ether oxygens (including phenoxy) is 1. The first kappa shape index (κ1) is 23.6. The smallest absolute Gasteiger partial charge is 0.416 e. The minimum atomic E-state index is -4.85. The number of fused-ring (bicyclic) bond motifs is 4. The Hall–Kier alpha value is -3.14. The number of aromatic nitrogens is 1. The second kappa shape index (κ2) is 8.22. The molecule has 2 aromatic carbocycles. The maximum absolute atomic E-state index is 13.2. The summed E-state index contributed by atoms with van der Waals surface area (Å²) in [5.74, 6) is 0.712. The van der Waals surface area contributed by atoms with Crippen molar-refractivity contribution in [3.05, 3.63) is 77.1 Å². The fourth-order valence-corrected chi connectivity index (χ4v) is 5.10. The maximum atomic E-state index is 13.2. The minimum Gasteiger partial charge on any atom is -0.497 e. The van der Waals surface area contributed by atoms with Crippen LogP contribution in [0.4, 0.5) is 32.0 Å². The van der Waals surface area contributed by atoms with Crippen molar-refractivity contribution in [1.82, 2.24) is 9.47 Å². The van der Waals surface area contributed by atoms with Gasteiger partial charge in [-0.2, -0.15) is 26.3 Å². The van der Waals surface area contributed by atoms with Crippen LogP contribution in [0.15, 0.2) is 54.7 Å². The van der Waals surface area contributed by atoms with Gasteiger partial charge in [0, 0.05) is 37.6 Å². The lowest BCUT2D eigenvalue weighted by Gasteiger charge is -2.46. The summed E-state index contributed by atoms with van der Waals surface area (Å²) in [4.78, 5) is 1.90. The van der Waals surface area contributed by atoms with Crippen molar-refractivity contribution in [2.75, 3.05) is 25.5 Å². The number of likely N-dealkylation sites (tertiary alicyclic amines) is 1. The fourth-order valence-electron chi connectivity index (χ4n) is 5.10. The highest BCUT2D eigenvalue weighted by molar-refractivity contribution is 5.69. The van der Waals surface area contributed by atoms with Gasteiger partial charge >= 0.3 is 12.4 Å². The van der Waals surface area contributed by atoms with Crippen LogP contribution in [0, 0.1) is 0 Å². The molecule has 10 heteroatoms. The Labute approximate surface area is 198 Å². The fraction of sp³-hybridized carbons (Fsp3) is 0.360. The zero-order chi connectivity index (χ0) is 25.0. The molecule has 0 saturated carbocycles. The number of nitrogens with zero attached hydrogens (tertiary/aromatic N) is 2. The molecule has 2 aliphatic heterocycles. The van der Waals surface area contributed by atoms with Crippen LogP contribution in [0.1, 0.15) is 35.2 Å². The monoisotopic (exact) mass is 495 g/mol. The molecule has 186 valence electrons. The number of halogens is 6. The molecular weight excluding hydrogens is 472 g/mol. The van der Waals surface area contributed by atoms with E-state index in [-0.39, 0.29) is 18.2 Å². The first-order chi connectivity index (χ1) is 16.5. The van der Waals surface area contributed by atoms with E-state index in [9.17, 15) is 26.3 Å². The van der Waals surface area contributed by atoms with Gasteiger partial charge < -0.3 is 14.6 Å². The van der Waals surface area contributed by atoms with Gasteiger partial charge in [-0.3, -0.25) is 4.90 Å². The summed E-state index contributed by atoms with van der Waals surface area (Å²) in [5.41, 5.74) is 0.00832. The number of alkyl halides is 6. The largest absolute Gasteiger partial charge is 0.497 e. The Morgan fingerprint density at radius 1 is 0.914 bits per heavy atom. The summed E-state index contributed by atoms with van der Waals surface area (Å²) in [6.07, 6.45) is -6.45. The van der Waals surface area contributed by atoms with Gasteiger partial charge in [-0.1, -0.05) is 0 Å². The van der Waals surface area contributed by atoms with E-state index in [1.54, 1.807) is 7.11 Å². The number of nitrogens with one attached hydrogen (secondary N) is 1. The van der Waals surface area contributed by atoms with Gasteiger partial charge in [0.25, 0.3) is 0 Å². The molecule has 35 heavy (non-hydrogen) atoms. The standard InChI is InChI=1S/C25H23F6N3O/c1-35-19-4-5-21-20(14-19)32-23(22-3-2-8-34(21)22)6-9-33(10-7-23)15-16-11-17(24(26,27)28)13-18(12-16)25(29,30)31/h2-5,8,11-14,32H,6-7,9-10,15H2,1H3. The number of piperidine rings is 1. The number of benzene rings is 2. The molecule has 0 amide bonds. The second-order valence-corrected chi connectivity index (χ2v) is 9.04. The summed E-state index contributed by atoms with van der Waals surface area (Å²) in [7, 11) is 1.60. The normalized spacial score (nSPS) is 17.6. The Balaban J connectivity index is 1.38. The molecule has 3 aromatic rings. The van der Waals surface area contributed by atoms with Gasteiger partial charge in [0.1, 0.15) is 5.75 Å². The Morgan fingerprint density at radius 3 is 2.17 bits per heavy atom. The molecule has 1 N–H and O–H groups in total. The van der Waals surface area contributed by atoms with Gasteiger partial charge in [-0.05, 0) is 60.9 Å². The van der Waals surface area contributed by atoms with E-state index in [4.69, 9.17) is 4.74 Å². The molecule has 0 aliphatic carbocycles. The van der Waals surface area contributed by atoms with Gasteiger partial charge in [0.15, 0.2) is 0 Å². The summed E-state index contributed by atoms with van der Waals surface area (Å²) >= 11 is 0. The third kappa shape index (κ3) is 4.35. The van der Waals surface area contributed by atoms with E-state index in [1.807, 2.05) is 41.4 Å². The van der Waals surface area contributed by atoms with E-state index in [1.165, 1.54) is 0 Å². The molecule has 0 atom stereocenters. The highest BCUT2D eigenvalue weighted by Crippen LogP contribution is 2.45. The number of hydrogen-bond donors (Lipinski definition) is 1. The SMILES string of the molecule is COc1ccc2c(c1)NC1(CCN(Cc3cc(C(F)(F)F)cc(C(F)(F)F)c3)CC1)c1cccn1-2. The van der Waals surface area contributed by atoms with Crippen LogP contribution in [0.25, 0.3) is 5.69 Å². The highest BCUT2D eigenvalue weighted by Gasteiger charge is 2.42. The van der Waals surface area contributed by atoms with E-state index < -0.39 is 29.0 Å². The first-order valence-electron chi connectivity index (χ1n) is 11.1. The maximum Gasteiger partial charge on any atom is 0.416 e. The molecule has 1 spiro atoms. The van der Waals surface area contributed by atoms with E-state index >= 15 is 0 Å². The van der Waals surface area contributed by atoms with Crippen LogP contribution in [0.3, 0.4) is 0 Å². The van der Waals surface area contributed by atoms with Gasteiger partial charge in [-0.25, -0.2) is 0 Å². The average Bonchev–Trinajstić information content (AvgIpc) is 3.30. The zero-order valence-corrected chi connectivity index (χ0v) is 18.8. The van der Waals surface area contributed by atoms with Crippen LogP contribution < -0.4 is 10.1 Å². The topological polar surface area (TPSA) is 29.4 Å². The quantitative estimate of drug-likeness (QED) is 0.424. The van der Waals surface area contributed by atoms with E-state index in [0.29, 0.717) is 31.7 Å². The summed E-state index contributed by atoms with van der Waals surface area (Å²) in [5, 5.41) is 3.65. The lowest BCUT2D eigenvalue weighted by molar-refractivity contribution is -0.143. The zero-order valence-electron chi connectivity index (χ0n) is 18.8. The lowest BCUT2D eigenvalue weighted by Crippen LogP contribution is -2.49. The van der Waals surface area contributed by atoms with Crippen LogP contribution in [0.2, 0.25) is 0 Å². The molecule has 0 bridgehead atoms. The van der Waals surface area contributed by atoms with Crippen LogP contribution in [-0.2, 0) is 24.4 Å². The lowest BCUT2D eigenvalue weighted by atomic mass is 9.82. The predicted octanol–water partition coefficient (Wildman–Crippen LogP) is 6.44. The Morgan fingerprint density at radius 2 is 1.57 bits per heavy atom. The van der Waals surface area contributed by atoms with Gasteiger partial charge in [0.2, 0.25) is 0 Å². The van der Waals surface area contributed by atoms with Crippen LogP contribution >= 0.6 is 0 Å². The third-order valence-electron chi connectivity index (χ3n) is 6.84. The number of hydrogen-bond acceptors (Lipinski definition) is 3. The first-order valence-corrected chi connectivity index (χ1v) is 11.1. The van der Waals surface area contributed by atoms with Crippen LogP contribution in [-0.4, -0.2) is 29.7 Å². The molecule has 1 fully saturated rings. The van der Waals surface area contributed by atoms with Crippen molar-refractivity contribution in [3.63, 3.8) is 0 Å². The molecule has 5 rings (SSSR count).